The molecule has 5 N–H and O–H groups in total. The molecular weight excluding hydrogens is 510 g/mol. The average Bonchev–Trinajstić information content (AvgIpc) is 2.89. The van der Waals surface area contributed by atoms with E-state index in [0.29, 0.717) is 30.0 Å². The van der Waals surface area contributed by atoms with Crippen LogP contribution >= 0.6 is 11.6 Å². The summed E-state index contributed by atoms with van der Waals surface area (Å²) >= 11 is 6.39. The highest BCUT2D eigenvalue weighted by Crippen LogP contribution is 2.37. The number of nitrogens with one attached hydrogen (secondary N) is 3. The van der Waals surface area contributed by atoms with Crippen LogP contribution in [-0.2, 0) is 10.8 Å². The summed E-state index contributed by atoms with van der Waals surface area (Å²) in [6, 6.07) is 4.24. The summed E-state index contributed by atoms with van der Waals surface area (Å²) in [7, 11) is 0.209. The van der Waals surface area contributed by atoms with Gasteiger partial charge in [-0.1, -0.05) is 32.4 Å². The molecule has 1 atom stereocenters. The molecule has 1 aromatic heterocycles. The van der Waals surface area contributed by atoms with Gasteiger partial charge in [-0.15, -0.1) is 0 Å². The number of halogens is 1. The normalized spacial score (nSPS) is 16.1. The van der Waals surface area contributed by atoms with E-state index in [-0.39, 0.29) is 15.3 Å². The van der Waals surface area contributed by atoms with Gasteiger partial charge in [0.15, 0.2) is 5.82 Å². The van der Waals surface area contributed by atoms with Gasteiger partial charge in [0, 0.05) is 18.5 Å². The molecule has 37 heavy (non-hydrogen) atoms. The number of nitrogens with zero attached hydrogens (tertiary/aromatic N) is 3. The third-order valence-corrected chi connectivity index (χ3v) is 7.81. The highest BCUT2D eigenvalue weighted by atomic mass is 35.5. The lowest BCUT2D eigenvalue weighted by Gasteiger charge is -2.26. The van der Waals surface area contributed by atoms with Gasteiger partial charge in [-0.3, -0.25) is 9.20 Å². The van der Waals surface area contributed by atoms with Crippen LogP contribution < -0.4 is 26.4 Å². The highest BCUT2D eigenvalue weighted by molar-refractivity contribution is 7.89. The lowest BCUT2D eigenvalue weighted by Crippen LogP contribution is -2.27. The predicted molar refractivity (Wildman–Crippen MR) is 155 cm³/mol. The Bertz CT molecular complexity index is 1160. The van der Waals surface area contributed by atoms with Gasteiger partial charge >= 0.3 is 0 Å². The van der Waals surface area contributed by atoms with Crippen molar-refractivity contribution in [1.29, 1.82) is 0 Å². The fraction of sp³-hybridized carbons (Fsp3) is 0.500. The molecule has 1 aromatic carbocycles. The van der Waals surface area contributed by atoms with Crippen LogP contribution in [0.3, 0.4) is 0 Å². The summed E-state index contributed by atoms with van der Waals surface area (Å²) in [6.45, 7) is 10.5. The Labute approximate surface area is 227 Å². The second-order valence-corrected chi connectivity index (χ2v) is 11.6. The van der Waals surface area contributed by atoms with Crippen LogP contribution in [0.15, 0.2) is 34.0 Å². The first-order valence-electron chi connectivity index (χ1n) is 12.6. The summed E-state index contributed by atoms with van der Waals surface area (Å²) in [4.78, 5) is 12.9. The number of aryl methyl sites for hydroxylation is 1. The van der Waals surface area contributed by atoms with Crippen molar-refractivity contribution < 1.29 is 8.95 Å². The molecule has 1 aliphatic rings. The fourth-order valence-corrected chi connectivity index (χ4v) is 5.08. The van der Waals surface area contributed by atoms with E-state index < -0.39 is 10.8 Å². The van der Waals surface area contributed by atoms with E-state index in [1.165, 1.54) is 23.5 Å². The molecule has 1 aliphatic heterocycles. The van der Waals surface area contributed by atoms with Crippen molar-refractivity contribution in [3.8, 4) is 5.75 Å². The zero-order valence-electron chi connectivity index (χ0n) is 22.2. The van der Waals surface area contributed by atoms with E-state index in [9.17, 15) is 4.21 Å². The maximum absolute atomic E-state index is 12.6. The molecule has 1 saturated heterocycles. The number of hydrogen-bond acceptors (Lipinski definition) is 9. The van der Waals surface area contributed by atoms with Crippen LogP contribution in [0.1, 0.15) is 57.1 Å². The molecule has 0 radical (unpaired) electrons. The minimum atomic E-state index is -1.40. The van der Waals surface area contributed by atoms with Gasteiger partial charge in [0.2, 0.25) is 5.95 Å². The Morgan fingerprint density at radius 2 is 2.11 bits per heavy atom. The summed E-state index contributed by atoms with van der Waals surface area (Å²) in [5.41, 5.74) is 9.83. The van der Waals surface area contributed by atoms with E-state index >= 15 is 0 Å². The van der Waals surface area contributed by atoms with Crippen LogP contribution in [0.5, 0.6) is 5.75 Å². The van der Waals surface area contributed by atoms with E-state index in [4.69, 9.17) is 22.1 Å². The van der Waals surface area contributed by atoms with E-state index in [1.807, 2.05) is 13.8 Å². The number of aliphatic imine (C=N–C) groups is 1. The van der Waals surface area contributed by atoms with E-state index in [1.54, 1.807) is 7.05 Å². The molecule has 2 aromatic rings. The minimum Gasteiger partial charge on any atom is -0.491 e. The lowest BCUT2D eigenvalue weighted by molar-refractivity contribution is 0.318. The van der Waals surface area contributed by atoms with Gasteiger partial charge in [0.1, 0.15) is 15.8 Å². The van der Waals surface area contributed by atoms with Crippen molar-refractivity contribution >= 4 is 46.1 Å². The van der Waals surface area contributed by atoms with Crippen LogP contribution in [0.4, 0.5) is 17.5 Å². The van der Waals surface area contributed by atoms with Gasteiger partial charge in [-0.05, 0) is 68.5 Å². The molecule has 1 unspecified atom stereocenters. The molecule has 11 heteroatoms. The molecule has 0 spiro atoms. The molecule has 0 amide bonds. The smallest absolute Gasteiger partial charge is 0.229 e. The average molecular weight is 548 g/mol. The Morgan fingerprint density at radius 1 is 1.38 bits per heavy atom. The summed E-state index contributed by atoms with van der Waals surface area (Å²) in [5.74, 6) is 1.92. The first-order valence-corrected chi connectivity index (χ1v) is 14.2. The van der Waals surface area contributed by atoms with E-state index in [2.05, 4.69) is 56.9 Å². The largest absolute Gasteiger partial charge is 0.491 e. The number of allylic oxidation sites excluding steroid dienone is 1. The quantitative estimate of drug-likeness (QED) is 0.294. The van der Waals surface area contributed by atoms with Crippen molar-refractivity contribution in [2.75, 3.05) is 37.4 Å². The Kier molecular flexibility index (Phi) is 10.7. The van der Waals surface area contributed by atoms with Crippen molar-refractivity contribution in [3.05, 3.63) is 45.2 Å². The SMILES string of the molecule is CCCOc1cc(C2CCNCC2)c(C)cc1Nc1ncc(Cl)c(NC(C=NC)=C(N)S(=O)C(C)C)n1. The summed E-state index contributed by atoms with van der Waals surface area (Å²) < 4.78 is 18.7. The van der Waals surface area contributed by atoms with Crippen molar-refractivity contribution in [2.24, 2.45) is 10.7 Å². The maximum atomic E-state index is 12.6. The number of ether oxygens (including phenoxy) is 1. The van der Waals surface area contributed by atoms with Gasteiger partial charge in [-0.2, -0.15) is 4.98 Å². The zero-order valence-corrected chi connectivity index (χ0v) is 23.8. The molecule has 0 saturated carbocycles. The zero-order chi connectivity index (χ0) is 26.9. The van der Waals surface area contributed by atoms with Crippen molar-refractivity contribution in [1.82, 2.24) is 15.3 Å². The van der Waals surface area contributed by atoms with Crippen LogP contribution in [0, 0.1) is 6.92 Å². The standard InChI is InChI=1S/C26H38ClN7O2S/c1-6-11-36-23-13-19(18-7-9-30-10-8-18)17(4)12-21(23)33-26-31-14-20(27)25(34-26)32-22(15-29-5)24(28)37(35)16(2)3/h12-16,18,30H,6-11,28H2,1-5H3,(H2,31,32,33,34). The topological polar surface area (TPSA) is 127 Å². The number of aromatic nitrogens is 2. The molecule has 202 valence electrons. The molecule has 0 bridgehead atoms. The first-order chi connectivity index (χ1) is 17.7. The Morgan fingerprint density at radius 3 is 2.76 bits per heavy atom. The number of anilines is 3. The highest BCUT2D eigenvalue weighted by Gasteiger charge is 2.20. The second-order valence-electron chi connectivity index (χ2n) is 9.23. The second kappa shape index (κ2) is 13.7. The third kappa shape index (κ3) is 7.66. The lowest BCUT2D eigenvalue weighted by atomic mass is 9.87. The number of hydrogen-bond donors (Lipinski definition) is 4. The van der Waals surface area contributed by atoms with Crippen LogP contribution in [0.25, 0.3) is 0 Å². The minimum absolute atomic E-state index is 0.155. The summed E-state index contributed by atoms with van der Waals surface area (Å²) in [6.07, 6.45) is 6.11. The first kappa shape index (κ1) is 28.9. The van der Waals surface area contributed by atoms with Gasteiger partial charge in [0.05, 0.1) is 35.0 Å². The predicted octanol–water partition coefficient (Wildman–Crippen LogP) is 4.84. The molecule has 2 heterocycles. The van der Waals surface area contributed by atoms with Crippen LogP contribution in [0.2, 0.25) is 5.02 Å². The van der Waals surface area contributed by atoms with Crippen molar-refractivity contribution in [2.45, 2.75) is 58.1 Å². The molecule has 3 rings (SSSR count). The van der Waals surface area contributed by atoms with Gasteiger partial charge < -0.3 is 26.4 Å². The number of benzene rings is 1. The van der Waals surface area contributed by atoms with Crippen LogP contribution in [-0.4, -0.2) is 52.4 Å². The van der Waals surface area contributed by atoms with Gasteiger partial charge in [-0.25, -0.2) is 4.98 Å². The fourth-order valence-electron chi connectivity index (χ4n) is 4.12. The van der Waals surface area contributed by atoms with Gasteiger partial charge in [0.25, 0.3) is 0 Å². The molecular formula is C26H38ClN7O2S. The van der Waals surface area contributed by atoms with E-state index in [0.717, 1.165) is 43.8 Å². The van der Waals surface area contributed by atoms with Crippen molar-refractivity contribution in [3.63, 3.8) is 0 Å². The molecule has 0 aliphatic carbocycles. The molecule has 1 fully saturated rings. The maximum Gasteiger partial charge on any atom is 0.229 e. The molecule has 9 nitrogen and oxygen atoms in total. The Balaban J connectivity index is 1.93. The summed E-state index contributed by atoms with van der Waals surface area (Å²) in [5, 5.41) is 10.1. The third-order valence-electron chi connectivity index (χ3n) is 6.02. The Hall–Kier alpha value is -2.69. The number of nitrogens with two attached hydrogens (primary N) is 1. The monoisotopic (exact) mass is 547 g/mol. The number of rotatable bonds is 11. The number of piperidine rings is 1.